The number of anilines is 1. The molecule has 1 aliphatic rings. The number of hydrogen-bond acceptors (Lipinski definition) is 3. The van der Waals surface area contributed by atoms with Crippen molar-refractivity contribution < 1.29 is 4.79 Å². The van der Waals surface area contributed by atoms with Gasteiger partial charge in [0.1, 0.15) is 5.92 Å². The third kappa shape index (κ3) is 2.59. The minimum atomic E-state index is -0.269. The molecule has 0 spiro atoms. The summed E-state index contributed by atoms with van der Waals surface area (Å²) >= 11 is 0. The zero-order valence-electron chi connectivity index (χ0n) is 11.0. The van der Waals surface area contributed by atoms with Gasteiger partial charge in [0.2, 0.25) is 5.91 Å². The fourth-order valence-corrected chi connectivity index (χ4v) is 2.29. The maximum absolute atomic E-state index is 11.9. The molecule has 1 N–H and O–H groups in total. The molecule has 1 aromatic heterocycles. The van der Waals surface area contributed by atoms with Crippen molar-refractivity contribution in [1.82, 2.24) is 4.98 Å². The van der Waals surface area contributed by atoms with Gasteiger partial charge in [0, 0.05) is 36.8 Å². The number of hydrogen-bond donors (Lipinski definition) is 1. The Morgan fingerprint density at radius 3 is 2.90 bits per heavy atom. The number of amides is 1. The number of pyridine rings is 1. The number of nitrogens with one attached hydrogen (secondary N) is 1. The van der Waals surface area contributed by atoms with E-state index in [-0.39, 0.29) is 11.8 Å². The lowest BCUT2D eigenvalue weighted by atomic mass is 10.0. The molecule has 20 heavy (non-hydrogen) atoms. The number of nitrogens with zero attached hydrogens (tertiary/aromatic N) is 2. The Hall–Kier alpha value is -2.49. The monoisotopic (exact) mass is 265 g/mol. The molecule has 0 radical (unpaired) electrons. The van der Waals surface area contributed by atoms with Gasteiger partial charge in [-0.3, -0.25) is 14.8 Å². The van der Waals surface area contributed by atoms with Gasteiger partial charge in [-0.25, -0.2) is 0 Å². The molecule has 0 fully saturated rings. The molecule has 0 saturated carbocycles. The average molecular weight is 265 g/mol. The average Bonchev–Trinajstić information content (AvgIpc) is 2.80. The maximum atomic E-state index is 11.9. The van der Waals surface area contributed by atoms with Crippen molar-refractivity contribution in [2.45, 2.75) is 12.3 Å². The van der Waals surface area contributed by atoms with Crippen LogP contribution >= 0.6 is 0 Å². The first-order valence-electron chi connectivity index (χ1n) is 6.64. The molecule has 2 aromatic rings. The zero-order chi connectivity index (χ0) is 13.8. The molecule has 3 rings (SSSR count). The van der Waals surface area contributed by atoms with E-state index in [0.717, 1.165) is 23.4 Å². The van der Waals surface area contributed by atoms with Gasteiger partial charge in [0.05, 0.1) is 0 Å². The summed E-state index contributed by atoms with van der Waals surface area (Å²) in [5, 5.41) is 2.86. The van der Waals surface area contributed by atoms with Crippen LogP contribution in [0.1, 0.15) is 17.2 Å². The van der Waals surface area contributed by atoms with Crippen LogP contribution in [0.15, 0.2) is 53.7 Å². The van der Waals surface area contributed by atoms with Crippen LogP contribution in [-0.2, 0) is 11.2 Å². The van der Waals surface area contributed by atoms with E-state index in [0.29, 0.717) is 6.54 Å². The normalized spacial score (nSPS) is 17.2. The van der Waals surface area contributed by atoms with Gasteiger partial charge in [0.15, 0.2) is 0 Å². The largest absolute Gasteiger partial charge is 0.325 e. The molecule has 0 bridgehead atoms. The lowest BCUT2D eigenvalue weighted by Gasteiger charge is -2.01. The van der Waals surface area contributed by atoms with Gasteiger partial charge >= 0.3 is 0 Å². The molecule has 4 nitrogen and oxygen atoms in total. The maximum Gasteiger partial charge on any atom is 0.237 e. The zero-order valence-corrected chi connectivity index (χ0v) is 11.0. The number of carbonyl (C=O) groups is 1. The number of aromatic nitrogens is 1. The summed E-state index contributed by atoms with van der Waals surface area (Å²) < 4.78 is 0. The van der Waals surface area contributed by atoms with Crippen LogP contribution in [0, 0.1) is 0 Å². The summed E-state index contributed by atoms with van der Waals surface area (Å²) in [5.74, 6) is -0.275. The first kappa shape index (κ1) is 12.5. The summed E-state index contributed by atoms with van der Waals surface area (Å²) in [5.41, 5.74) is 2.90. The Balaban J connectivity index is 1.63. The Bertz CT molecular complexity index is 637. The third-order valence-corrected chi connectivity index (χ3v) is 3.31. The number of carbonyl (C=O) groups excluding carboxylic acids is 1. The van der Waals surface area contributed by atoms with E-state index < -0.39 is 0 Å². The van der Waals surface area contributed by atoms with E-state index in [1.807, 2.05) is 42.5 Å². The molecule has 1 aromatic carbocycles. The van der Waals surface area contributed by atoms with Crippen LogP contribution in [0.3, 0.4) is 0 Å². The summed E-state index contributed by atoms with van der Waals surface area (Å²) in [6.45, 7) is 0.642. The summed E-state index contributed by atoms with van der Waals surface area (Å²) in [6, 6.07) is 13.6. The number of benzene rings is 1. The predicted molar refractivity (Wildman–Crippen MR) is 79.1 cm³/mol. The van der Waals surface area contributed by atoms with Crippen molar-refractivity contribution in [3.8, 4) is 0 Å². The Labute approximate surface area is 117 Å². The van der Waals surface area contributed by atoms with E-state index in [4.69, 9.17) is 0 Å². The molecule has 0 unspecified atom stereocenters. The van der Waals surface area contributed by atoms with Crippen molar-refractivity contribution >= 4 is 17.8 Å². The Morgan fingerprint density at radius 2 is 2.05 bits per heavy atom. The first-order valence-corrected chi connectivity index (χ1v) is 6.64. The number of fused-ring (bicyclic) bond motifs is 1. The quantitative estimate of drug-likeness (QED) is 0.863. The highest BCUT2D eigenvalue weighted by Gasteiger charge is 2.28. The SMILES string of the molecule is O=C1Nc2ccccc2[C@H]1C=NCCc1ccccn1. The summed E-state index contributed by atoms with van der Waals surface area (Å²) in [4.78, 5) is 20.5. The van der Waals surface area contributed by atoms with Crippen molar-refractivity contribution in [1.29, 1.82) is 0 Å². The van der Waals surface area contributed by atoms with Gasteiger partial charge in [-0.15, -0.1) is 0 Å². The van der Waals surface area contributed by atoms with Crippen molar-refractivity contribution in [2.75, 3.05) is 11.9 Å². The van der Waals surface area contributed by atoms with Crippen molar-refractivity contribution in [2.24, 2.45) is 4.99 Å². The molecule has 1 amide bonds. The molecule has 2 heterocycles. The highest BCUT2D eigenvalue weighted by Crippen LogP contribution is 2.30. The smallest absolute Gasteiger partial charge is 0.237 e. The first-order chi connectivity index (χ1) is 9.84. The van der Waals surface area contributed by atoms with Gasteiger partial charge < -0.3 is 5.32 Å². The highest BCUT2D eigenvalue weighted by atomic mass is 16.2. The van der Waals surface area contributed by atoms with E-state index in [1.54, 1.807) is 12.4 Å². The molecule has 100 valence electrons. The van der Waals surface area contributed by atoms with Crippen LogP contribution in [0.2, 0.25) is 0 Å². The standard InChI is InChI=1S/C16H15N3O/c20-16-14(13-6-1-2-7-15(13)19-16)11-17-10-8-12-5-3-4-9-18-12/h1-7,9,11,14H,8,10H2,(H,19,20)/t14-/m1/s1. The van der Waals surface area contributed by atoms with E-state index in [2.05, 4.69) is 15.3 Å². The second-order valence-corrected chi connectivity index (χ2v) is 4.68. The van der Waals surface area contributed by atoms with E-state index >= 15 is 0 Å². The molecule has 0 aliphatic carbocycles. The van der Waals surface area contributed by atoms with E-state index in [1.165, 1.54) is 0 Å². The van der Waals surface area contributed by atoms with Crippen molar-refractivity contribution in [3.63, 3.8) is 0 Å². The van der Waals surface area contributed by atoms with Gasteiger partial charge in [-0.2, -0.15) is 0 Å². The van der Waals surface area contributed by atoms with Crippen LogP contribution in [0.25, 0.3) is 0 Å². The van der Waals surface area contributed by atoms with Crippen LogP contribution in [0.5, 0.6) is 0 Å². The van der Waals surface area contributed by atoms with Crippen molar-refractivity contribution in [3.05, 3.63) is 59.9 Å². The molecule has 1 aliphatic heterocycles. The van der Waals surface area contributed by atoms with E-state index in [9.17, 15) is 4.79 Å². The second kappa shape index (κ2) is 5.65. The summed E-state index contributed by atoms with van der Waals surface area (Å²) in [7, 11) is 0. The van der Waals surface area contributed by atoms with Crippen LogP contribution in [0.4, 0.5) is 5.69 Å². The van der Waals surface area contributed by atoms with Crippen LogP contribution in [-0.4, -0.2) is 23.7 Å². The van der Waals surface area contributed by atoms with Gasteiger partial charge in [-0.05, 0) is 23.8 Å². The molecular weight excluding hydrogens is 250 g/mol. The fourth-order valence-electron chi connectivity index (χ4n) is 2.29. The predicted octanol–water partition coefficient (Wildman–Crippen LogP) is 2.43. The number of rotatable bonds is 4. The lowest BCUT2D eigenvalue weighted by molar-refractivity contribution is -0.115. The molecule has 0 saturated heterocycles. The van der Waals surface area contributed by atoms with Crippen LogP contribution < -0.4 is 5.32 Å². The topological polar surface area (TPSA) is 54.4 Å². The number of aliphatic imine (C=N–C) groups is 1. The van der Waals surface area contributed by atoms with Gasteiger partial charge in [0.25, 0.3) is 0 Å². The molecule has 4 heteroatoms. The second-order valence-electron chi connectivity index (χ2n) is 4.68. The number of para-hydroxylation sites is 1. The minimum absolute atomic E-state index is 0.00668. The fraction of sp³-hybridized carbons (Fsp3) is 0.188. The summed E-state index contributed by atoms with van der Waals surface area (Å²) in [6.07, 6.45) is 4.30. The highest BCUT2D eigenvalue weighted by molar-refractivity contribution is 6.12. The third-order valence-electron chi connectivity index (χ3n) is 3.31. The minimum Gasteiger partial charge on any atom is -0.325 e. The van der Waals surface area contributed by atoms with Gasteiger partial charge in [-0.1, -0.05) is 24.3 Å². The molecular formula is C16H15N3O. The Morgan fingerprint density at radius 1 is 1.20 bits per heavy atom. The lowest BCUT2D eigenvalue weighted by Crippen LogP contribution is -2.13. The Kier molecular flexibility index (Phi) is 3.54. The molecule has 1 atom stereocenters.